The molecular weight excluding hydrogens is 279 g/mol. The van der Waals surface area contributed by atoms with Gasteiger partial charge in [-0.1, -0.05) is 12.1 Å². The maximum atomic E-state index is 13.4. The Labute approximate surface area is 111 Å². The van der Waals surface area contributed by atoms with Crippen molar-refractivity contribution in [3.05, 3.63) is 29.1 Å². The summed E-state index contributed by atoms with van der Waals surface area (Å²) in [5.41, 5.74) is 4.41. The number of nitrogens with zero attached hydrogens (tertiary/aromatic N) is 1. The van der Waals surface area contributed by atoms with Gasteiger partial charge < -0.3 is 21.4 Å². The van der Waals surface area contributed by atoms with Crippen LogP contribution in [0.15, 0.2) is 11.2 Å². The van der Waals surface area contributed by atoms with Crippen LogP contribution in [0.4, 0.5) is 13.2 Å². The second-order valence-corrected chi connectivity index (χ2v) is 4.02. The highest BCUT2D eigenvalue weighted by atomic mass is 19.2. The van der Waals surface area contributed by atoms with E-state index < -0.39 is 40.6 Å². The monoisotopic (exact) mass is 291 g/mol. The molecule has 0 saturated carbocycles. The van der Waals surface area contributed by atoms with E-state index in [2.05, 4.69) is 10.5 Å². The van der Waals surface area contributed by atoms with E-state index in [1.54, 1.807) is 0 Å². The fourth-order valence-corrected chi connectivity index (χ4v) is 1.30. The van der Waals surface area contributed by atoms with Gasteiger partial charge in [0, 0.05) is 12.5 Å². The van der Waals surface area contributed by atoms with Crippen LogP contribution in [-0.4, -0.2) is 28.6 Å². The van der Waals surface area contributed by atoms with Crippen molar-refractivity contribution in [1.82, 2.24) is 5.32 Å². The van der Waals surface area contributed by atoms with Crippen molar-refractivity contribution >= 4 is 11.7 Å². The zero-order valence-corrected chi connectivity index (χ0v) is 10.3. The topological polar surface area (TPSA) is 108 Å². The van der Waals surface area contributed by atoms with Crippen molar-refractivity contribution in [3.8, 4) is 5.75 Å². The summed E-state index contributed by atoms with van der Waals surface area (Å²) < 4.78 is 39.3. The van der Waals surface area contributed by atoms with E-state index in [-0.39, 0.29) is 12.4 Å². The Kier molecular flexibility index (Phi) is 4.78. The van der Waals surface area contributed by atoms with Gasteiger partial charge in [-0.25, -0.2) is 8.78 Å². The molecule has 0 spiro atoms. The van der Waals surface area contributed by atoms with Gasteiger partial charge in [-0.3, -0.25) is 4.79 Å². The number of carbonyl (C=O) groups excluding carboxylic acids is 1. The number of nitrogens with one attached hydrogen (secondary N) is 1. The van der Waals surface area contributed by atoms with E-state index in [0.717, 1.165) is 0 Å². The molecule has 1 atom stereocenters. The quantitative estimate of drug-likeness (QED) is 0.217. The minimum Gasteiger partial charge on any atom is -0.503 e. The summed E-state index contributed by atoms with van der Waals surface area (Å²) in [4.78, 5) is 11.6. The fourth-order valence-electron chi connectivity index (χ4n) is 1.30. The van der Waals surface area contributed by atoms with E-state index in [0.29, 0.717) is 6.07 Å². The van der Waals surface area contributed by atoms with Crippen molar-refractivity contribution in [2.45, 2.75) is 6.92 Å². The molecule has 1 amide bonds. The Morgan fingerprint density at radius 1 is 1.45 bits per heavy atom. The molecule has 110 valence electrons. The van der Waals surface area contributed by atoms with Gasteiger partial charge in [0.2, 0.25) is 5.82 Å². The first kappa shape index (κ1) is 15.6. The number of benzene rings is 1. The molecule has 1 aromatic carbocycles. The molecule has 0 bridgehead atoms. The summed E-state index contributed by atoms with van der Waals surface area (Å²) in [5, 5.41) is 22.3. The maximum absolute atomic E-state index is 13.4. The molecule has 0 aliphatic carbocycles. The molecule has 1 rings (SSSR count). The Bertz CT molecular complexity index is 564. The normalized spacial score (nSPS) is 13.1. The van der Waals surface area contributed by atoms with Gasteiger partial charge in [-0.2, -0.15) is 4.39 Å². The number of aromatic hydroxyl groups is 1. The first-order chi connectivity index (χ1) is 9.29. The van der Waals surface area contributed by atoms with E-state index in [1.165, 1.54) is 6.92 Å². The molecule has 1 unspecified atom stereocenters. The van der Waals surface area contributed by atoms with E-state index in [4.69, 9.17) is 16.0 Å². The van der Waals surface area contributed by atoms with Crippen LogP contribution in [0.25, 0.3) is 0 Å². The number of nitrogens with two attached hydrogens (primary N) is 1. The van der Waals surface area contributed by atoms with Gasteiger partial charge in [-0.15, -0.1) is 0 Å². The van der Waals surface area contributed by atoms with E-state index in [1.807, 2.05) is 0 Å². The van der Waals surface area contributed by atoms with Gasteiger partial charge in [0.25, 0.3) is 5.91 Å². The molecule has 0 aromatic heterocycles. The molecule has 6 nitrogen and oxygen atoms in total. The molecule has 20 heavy (non-hydrogen) atoms. The number of phenolic OH excluding ortho intramolecular Hbond substituents is 1. The highest BCUT2D eigenvalue weighted by molar-refractivity contribution is 5.95. The Morgan fingerprint density at radius 2 is 2.05 bits per heavy atom. The number of amides is 1. The van der Waals surface area contributed by atoms with Crippen LogP contribution in [0, 0.1) is 23.4 Å². The van der Waals surface area contributed by atoms with Gasteiger partial charge >= 0.3 is 0 Å². The summed E-state index contributed by atoms with van der Waals surface area (Å²) in [5.74, 6) is -8.28. The predicted octanol–water partition coefficient (Wildman–Crippen LogP) is 0.922. The van der Waals surface area contributed by atoms with Gasteiger partial charge in [0.15, 0.2) is 17.4 Å². The van der Waals surface area contributed by atoms with Crippen LogP contribution in [0.1, 0.15) is 17.3 Å². The van der Waals surface area contributed by atoms with Crippen LogP contribution >= 0.6 is 0 Å². The molecule has 0 aliphatic heterocycles. The number of carbonyl (C=O) groups is 1. The minimum atomic E-state index is -1.77. The smallest absolute Gasteiger partial charge is 0.254 e. The van der Waals surface area contributed by atoms with Crippen molar-refractivity contribution in [3.63, 3.8) is 0 Å². The molecule has 9 heteroatoms. The molecule has 0 heterocycles. The number of oxime groups is 1. The van der Waals surface area contributed by atoms with Crippen LogP contribution in [0.3, 0.4) is 0 Å². The third-order valence-corrected chi connectivity index (χ3v) is 2.57. The second-order valence-electron chi connectivity index (χ2n) is 4.02. The molecule has 5 N–H and O–H groups in total. The van der Waals surface area contributed by atoms with Gasteiger partial charge in [-0.05, 0) is 6.07 Å². The summed E-state index contributed by atoms with van der Waals surface area (Å²) in [6, 6.07) is 0.327. The second kappa shape index (κ2) is 6.13. The summed E-state index contributed by atoms with van der Waals surface area (Å²) >= 11 is 0. The van der Waals surface area contributed by atoms with Crippen LogP contribution < -0.4 is 11.1 Å². The molecule has 1 aromatic rings. The molecular formula is C11H12F3N3O3. The predicted molar refractivity (Wildman–Crippen MR) is 62.9 cm³/mol. The third-order valence-electron chi connectivity index (χ3n) is 2.57. The van der Waals surface area contributed by atoms with Crippen molar-refractivity contribution in [2.75, 3.05) is 6.54 Å². The van der Waals surface area contributed by atoms with E-state index in [9.17, 15) is 18.0 Å². The number of amidine groups is 1. The lowest BCUT2D eigenvalue weighted by atomic mass is 10.1. The van der Waals surface area contributed by atoms with Crippen LogP contribution in [0.5, 0.6) is 5.75 Å². The first-order valence-corrected chi connectivity index (χ1v) is 5.41. The summed E-state index contributed by atoms with van der Waals surface area (Å²) in [6.07, 6.45) is 0. The molecule has 0 radical (unpaired) electrons. The average molecular weight is 291 g/mol. The highest BCUT2D eigenvalue weighted by Gasteiger charge is 2.22. The fraction of sp³-hybridized carbons (Fsp3) is 0.273. The maximum Gasteiger partial charge on any atom is 0.254 e. The number of halogens is 3. The molecule has 0 aliphatic rings. The van der Waals surface area contributed by atoms with Crippen molar-refractivity contribution < 1.29 is 28.3 Å². The van der Waals surface area contributed by atoms with Gasteiger partial charge in [0.1, 0.15) is 5.84 Å². The third kappa shape index (κ3) is 3.11. The SMILES string of the molecule is CC(CNC(=O)c1cc(F)c(F)c(O)c1F)C(N)=NO. The highest BCUT2D eigenvalue weighted by Crippen LogP contribution is 2.25. The van der Waals surface area contributed by atoms with E-state index >= 15 is 0 Å². The number of hydrogen-bond donors (Lipinski definition) is 4. The average Bonchev–Trinajstić information content (AvgIpc) is 2.44. The van der Waals surface area contributed by atoms with Gasteiger partial charge in [0.05, 0.1) is 5.56 Å². The zero-order chi connectivity index (χ0) is 15.4. The van der Waals surface area contributed by atoms with Crippen LogP contribution in [0.2, 0.25) is 0 Å². The molecule has 0 saturated heterocycles. The Morgan fingerprint density at radius 3 is 2.60 bits per heavy atom. The van der Waals surface area contributed by atoms with Crippen molar-refractivity contribution in [1.29, 1.82) is 0 Å². The van der Waals surface area contributed by atoms with Crippen LogP contribution in [-0.2, 0) is 0 Å². The number of hydrogen-bond acceptors (Lipinski definition) is 4. The Balaban J connectivity index is 2.89. The molecule has 0 fully saturated rings. The summed E-state index contributed by atoms with van der Waals surface area (Å²) in [6.45, 7) is 1.38. The Hall–Kier alpha value is -2.45. The zero-order valence-electron chi connectivity index (χ0n) is 10.3. The van der Waals surface area contributed by atoms with Crippen molar-refractivity contribution in [2.24, 2.45) is 16.8 Å². The minimum absolute atomic E-state index is 0.131. The number of phenols is 1. The standard InChI is InChI=1S/C11H12F3N3O3/c1-4(10(15)17-20)3-16-11(19)5-2-6(12)8(14)9(18)7(5)13/h2,4,18,20H,3H2,1H3,(H2,15,17)(H,16,19). The lowest BCUT2D eigenvalue weighted by Crippen LogP contribution is -2.35. The summed E-state index contributed by atoms with van der Waals surface area (Å²) in [7, 11) is 0. The largest absolute Gasteiger partial charge is 0.503 e. The first-order valence-electron chi connectivity index (χ1n) is 5.41. The lowest BCUT2D eigenvalue weighted by Gasteiger charge is -2.12. The number of rotatable bonds is 4. The lowest BCUT2D eigenvalue weighted by molar-refractivity contribution is 0.0945.